The lowest BCUT2D eigenvalue weighted by Crippen LogP contribution is -2.67. The third-order valence-electron chi connectivity index (χ3n) is 8.23. The quantitative estimate of drug-likeness (QED) is 0.274. The second kappa shape index (κ2) is 12.1. The molecule has 3 aromatic rings. The van der Waals surface area contributed by atoms with Crippen molar-refractivity contribution >= 4 is 18.7 Å². The first-order valence-electron chi connectivity index (χ1n) is 13.7. The first-order chi connectivity index (χ1) is 18.8. The van der Waals surface area contributed by atoms with Gasteiger partial charge in [-0.25, -0.2) is 0 Å². The van der Waals surface area contributed by atoms with E-state index in [4.69, 9.17) is 13.9 Å². The highest BCUT2D eigenvalue weighted by molar-refractivity contribution is 6.99. The van der Waals surface area contributed by atoms with Crippen LogP contribution in [0.5, 0.6) is 11.5 Å². The van der Waals surface area contributed by atoms with Crippen LogP contribution in [0.15, 0.2) is 85.5 Å². The molecular formula is C33H43NO4Si. The maximum atomic E-state index is 11.1. The minimum Gasteiger partial charge on any atom is -0.493 e. The number of fused-ring (bicyclic) bond motifs is 1. The minimum absolute atomic E-state index is 0.0343. The fourth-order valence-electron chi connectivity index (χ4n) is 6.31. The van der Waals surface area contributed by atoms with Crippen molar-refractivity contribution < 1.29 is 19.0 Å². The van der Waals surface area contributed by atoms with Gasteiger partial charge in [0.1, 0.15) is 0 Å². The molecule has 0 bridgehead atoms. The average Bonchev–Trinajstić information content (AvgIpc) is 2.95. The van der Waals surface area contributed by atoms with Gasteiger partial charge in [-0.3, -0.25) is 4.90 Å². The Kier molecular flexibility index (Phi) is 9.02. The molecule has 0 saturated carbocycles. The van der Waals surface area contributed by atoms with E-state index >= 15 is 0 Å². The summed E-state index contributed by atoms with van der Waals surface area (Å²) in [5.41, 5.74) is 1.61. The minimum atomic E-state index is -2.71. The highest BCUT2D eigenvalue weighted by Crippen LogP contribution is 2.44. The van der Waals surface area contributed by atoms with Crippen molar-refractivity contribution in [1.82, 2.24) is 4.90 Å². The molecule has 4 rings (SSSR count). The van der Waals surface area contributed by atoms with Gasteiger partial charge in [0.2, 0.25) is 0 Å². The number of rotatable bonds is 11. The number of hydrogen-bond donors (Lipinski definition) is 1. The summed E-state index contributed by atoms with van der Waals surface area (Å²) in [6.45, 7) is 12.8. The molecule has 0 amide bonds. The average molecular weight is 546 g/mol. The zero-order valence-electron chi connectivity index (χ0n) is 24.1. The molecule has 3 aromatic carbocycles. The fourth-order valence-corrected chi connectivity index (χ4v) is 10.9. The van der Waals surface area contributed by atoms with E-state index in [-0.39, 0.29) is 11.6 Å². The van der Waals surface area contributed by atoms with Gasteiger partial charge in [-0.1, -0.05) is 87.5 Å². The van der Waals surface area contributed by atoms with Crippen LogP contribution in [-0.2, 0) is 16.4 Å². The van der Waals surface area contributed by atoms with E-state index in [1.54, 1.807) is 14.2 Å². The van der Waals surface area contributed by atoms with E-state index < -0.39 is 13.9 Å². The van der Waals surface area contributed by atoms with E-state index in [0.29, 0.717) is 31.1 Å². The van der Waals surface area contributed by atoms with E-state index in [1.165, 1.54) is 15.9 Å². The first kappa shape index (κ1) is 29.1. The highest BCUT2D eigenvalue weighted by Gasteiger charge is 2.51. The Labute approximate surface area is 235 Å². The summed E-state index contributed by atoms with van der Waals surface area (Å²) in [6.07, 6.45) is 3.41. The lowest BCUT2D eigenvalue weighted by molar-refractivity contribution is 0.00764. The van der Waals surface area contributed by atoms with Crippen molar-refractivity contribution in [2.75, 3.05) is 40.5 Å². The Balaban J connectivity index is 1.79. The summed E-state index contributed by atoms with van der Waals surface area (Å²) in [7, 11) is 0.606. The van der Waals surface area contributed by atoms with Gasteiger partial charge < -0.3 is 19.0 Å². The molecule has 208 valence electrons. The second-order valence-electron chi connectivity index (χ2n) is 11.3. The summed E-state index contributed by atoms with van der Waals surface area (Å²) < 4.78 is 18.5. The number of ether oxygens (including phenoxy) is 2. The van der Waals surface area contributed by atoms with Crippen LogP contribution in [0.2, 0.25) is 5.04 Å². The van der Waals surface area contributed by atoms with Crippen LogP contribution in [-0.4, -0.2) is 58.8 Å². The summed E-state index contributed by atoms with van der Waals surface area (Å²) >= 11 is 0. The predicted molar refractivity (Wildman–Crippen MR) is 162 cm³/mol. The smallest absolute Gasteiger partial charge is 0.261 e. The number of nitrogens with zero attached hydrogens (tertiary/aromatic N) is 1. The van der Waals surface area contributed by atoms with Crippen LogP contribution < -0.4 is 19.8 Å². The molecule has 1 aliphatic heterocycles. The van der Waals surface area contributed by atoms with Crippen molar-refractivity contribution in [2.45, 2.75) is 44.2 Å². The van der Waals surface area contributed by atoms with Gasteiger partial charge >= 0.3 is 0 Å². The normalized spacial score (nSPS) is 17.9. The van der Waals surface area contributed by atoms with Crippen molar-refractivity contribution in [3.8, 4) is 11.5 Å². The van der Waals surface area contributed by atoms with E-state index in [9.17, 15) is 5.11 Å². The Bertz CT molecular complexity index is 1200. The third-order valence-corrected chi connectivity index (χ3v) is 13.3. The number of aliphatic hydroxyl groups is 1. The maximum absolute atomic E-state index is 11.1. The molecule has 0 spiro atoms. The number of benzene rings is 3. The summed E-state index contributed by atoms with van der Waals surface area (Å²) in [5, 5.41) is 13.5. The van der Waals surface area contributed by atoms with Gasteiger partial charge in [0.25, 0.3) is 8.32 Å². The standard InChI is InChI=1S/C33H43NO4Si/c1-7-20-34-21-18-26-23-30(36-5)31(37-6)24-29(26)33(34,25-35)19-22-38-39(32(2,3)4,27-14-10-8-11-15-27)28-16-12-9-13-17-28/h7-17,23-24,35H,1,18-22,25H2,2-6H3. The Morgan fingerprint density at radius 2 is 1.51 bits per heavy atom. The fraction of sp³-hybridized carbons (Fsp3) is 0.394. The van der Waals surface area contributed by atoms with E-state index in [2.05, 4.69) is 99.0 Å². The zero-order chi connectivity index (χ0) is 28.1. The first-order valence-corrected chi connectivity index (χ1v) is 15.7. The molecule has 0 saturated heterocycles. The molecular weight excluding hydrogens is 502 g/mol. The van der Waals surface area contributed by atoms with Crippen LogP contribution in [0.4, 0.5) is 0 Å². The molecule has 39 heavy (non-hydrogen) atoms. The van der Waals surface area contributed by atoms with Gasteiger partial charge in [0.05, 0.1) is 26.4 Å². The van der Waals surface area contributed by atoms with Crippen LogP contribution in [0.3, 0.4) is 0 Å². The van der Waals surface area contributed by atoms with Crippen molar-refractivity contribution in [3.63, 3.8) is 0 Å². The highest BCUT2D eigenvalue weighted by atomic mass is 28.4. The molecule has 5 nitrogen and oxygen atoms in total. The van der Waals surface area contributed by atoms with Gasteiger partial charge in [-0.05, 0) is 51.5 Å². The molecule has 1 N–H and O–H groups in total. The van der Waals surface area contributed by atoms with Gasteiger partial charge in [-0.2, -0.15) is 0 Å². The Hall–Kier alpha value is -2.90. The molecule has 0 aromatic heterocycles. The molecule has 1 aliphatic rings. The van der Waals surface area contributed by atoms with Gasteiger partial charge in [-0.15, -0.1) is 6.58 Å². The van der Waals surface area contributed by atoms with Crippen LogP contribution in [0, 0.1) is 0 Å². The van der Waals surface area contributed by atoms with E-state index in [0.717, 1.165) is 18.5 Å². The Morgan fingerprint density at radius 1 is 0.949 bits per heavy atom. The van der Waals surface area contributed by atoms with Crippen molar-refractivity contribution in [1.29, 1.82) is 0 Å². The molecule has 1 unspecified atom stereocenters. The Morgan fingerprint density at radius 3 is 2.00 bits per heavy atom. The summed E-state index contributed by atoms with van der Waals surface area (Å²) in [6, 6.07) is 25.5. The van der Waals surface area contributed by atoms with Crippen molar-refractivity contribution in [3.05, 3.63) is 96.6 Å². The third kappa shape index (κ3) is 5.31. The van der Waals surface area contributed by atoms with Crippen LogP contribution in [0.1, 0.15) is 38.3 Å². The maximum Gasteiger partial charge on any atom is 0.261 e. The largest absolute Gasteiger partial charge is 0.493 e. The molecule has 6 heteroatoms. The van der Waals surface area contributed by atoms with Gasteiger partial charge in [0, 0.05) is 19.7 Å². The van der Waals surface area contributed by atoms with E-state index in [1.807, 2.05) is 12.1 Å². The molecule has 0 fully saturated rings. The molecule has 1 atom stereocenters. The summed E-state index contributed by atoms with van der Waals surface area (Å²) in [5.74, 6) is 1.38. The number of hydrogen-bond acceptors (Lipinski definition) is 5. The lowest BCUT2D eigenvalue weighted by atomic mass is 9.78. The van der Waals surface area contributed by atoms with Crippen LogP contribution >= 0.6 is 0 Å². The van der Waals surface area contributed by atoms with Gasteiger partial charge in [0.15, 0.2) is 11.5 Å². The van der Waals surface area contributed by atoms with Crippen molar-refractivity contribution in [2.24, 2.45) is 0 Å². The predicted octanol–water partition coefficient (Wildman–Crippen LogP) is 4.90. The molecule has 0 aliphatic carbocycles. The lowest BCUT2D eigenvalue weighted by Gasteiger charge is -2.49. The topological polar surface area (TPSA) is 51.2 Å². The number of methoxy groups -OCH3 is 2. The number of aliphatic hydroxyl groups excluding tert-OH is 1. The van der Waals surface area contributed by atoms with Crippen LogP contribution in [0.25, 0.3) is 0 Å². The second-order valence-corrected chi connectivity index (χ2v) is 15.6. The SMILES string of the molecule is C=CCN1CCc2cc(OC)c(OC)cc2C1(CO)CCO[Si](c1ccccc1)(c1ccccc1)C(C)(C)C. The molecule has 1 heterocycles. The summed E-state index contributed by atoms with van der Waals surface area (Å²) in [4.78, 5) is 2.34. The molecule has 0 radical (unpaired) electrons. The monoisotopic (exact) mass is 545 g/mol. The zero-order valence-corrected chi connectivity index (χ0v) is 25.1.